The van der Waals surface area contributed by atoms with Crippen molar-refractivity contribution < 1.29 is 13.2 Å². The zero-order valence-corrected chi connectivity index (χ0v) is 14.4. The van der Waals surface area contributed by atoms with Gasteiger partial charge in [0.1, 0.15) is 4.90 Å². The van der Waals surface area contributed by atoms with Crippen LogP contribution in [0.2, 0.25) is 0 Å². The Morgan fingerprint density at radius 2 is 2.05 bits per heavy atom. The molecule has 2 N–H and O–H groups in total. The number of sulfonamides is 1. The van der Waals surface area contributed by atoms with Crippen molar-refractivity contribution in [3.63, 3.8) is 0 Å². The Labute approximate surface area is 129 Å². The third-order valence-electron chi connectivity index (χ3n) is 2.71. The lowest BCUT2D eigenvalue weighted by Gasteiger charge is -2.24. The van der Waals surface area contributed by atoms with E-state index in [4.69, 9.17) is 10.5 Å². The molecule has 0 unspecified atom stereocenters. The number of hydrogen-bond donors (Lipinski definition) is 1. The van der Waals surface area contributed by atoms with Crippen molar-refractivity contribution in [3.8, 4) is 0 Å². The van der Waals surface area contributed by atoms with Crippen molar-refractivity contribution in [2.45, 2.75) is 18.7 Å². The number of hydrogen-bond acceptors (Lipinski definition) is 4. The Hall–Kier alpha value is -0.630. The van der Waals surface area contributed by atoms with Crippen LogP contribution in [0.5, 0.6) is 0 Å². The van der Waals surface area contributed by atoms with Crippen LogP contribution >= 0.6 is 15.9 Å². The van der Waals surface area contributed by atoms with E-state index in [-0.39, 0.29) is 16.5 Å². The predicted molar refractivity (Wildman–Crippen MR) is 84.0 cm³/mol. The minimum atomic E-state index is -3.62. The van der Waals surface area contributed by atoms with Gasteiger partial charge in [0.25, 0.3) is 0 Å². The van der Waals surface area contributed by atoms with E-state index in [9.17, 15) is 8.42 Å². The summed E-state index contributed by atoms with van der Waals surface area (Å²) in [7, 11) is -2.07. The third kappa shape index (κ3) is 4.44. The molecule has 114 valence electrons. The summed E-state index contributed by atoms with van der Waals surface area (Å²) in [6.07, 6.45) is 0. The van der Waals surface area contributed by atoms with Crippen molar-refractivity contribution >= 4 is 31.6 Å². The molecule has 0 saturated carbocycles. The Morgan fingerprint density at radius 3 is 2.60 bits per heavy atom. The molecule has 0 amide bonds. The van der Waals surface area contributed by atoms with Crippen molar-refractivity contribution in [1.29, 1.82) is 0 Å². The molecule has 0 atom stereocenters. The Kier molecular flexibility index (Phi) is 6.44. The van der Waals surface area contributed by atoms with Crippen molar-refractivity contribution in [1.82, 2.24) is 4.31 Å². The van der Waals surface area contributed by atoms with Gasteiger partial charge in [0.2, 0.25) is 10.0 Å². The highest BCUT2D eigenvalue weighted by Crippen LogP contribution is 2.26. The fourth-order valence-electron chi connectivity index (χ4n) is 1.78. The molecule has 0 spiro atoms. The van der Waals surface area contributed by atoms with Gasteiger partial charge in [-0.3, -0.25) is 0 Å². The van der Waals surface area contributed by atoms with Gasteiger partial charge in [0.15, 0.2) is 0 Å². The van der Waals surface area contributed by atoms with Gasteiger partial charge in [-0.05, 0) is 24.1 Å². The molecule has 0 saturated heterocycles. The van der Waals surface area contributed by atoms with Crippen LogP contribution in [0.4, 0.5) is 5.69 Å². The van der Waals surface area contributed by atoms with Gasteiger partial charge in [0.05, 0.1) is 12.3 Å². The quantitative estimate of drug-likeness (QED) is 0.753. The van der Waals surface area contributed by atoms with Crippen molar-refractivity contribution in [2.75, 3.05) is 32.5 Å². The molecule has 0 aliphatic rings. The second-order valence-corrected chi connectivity index (χ2v) is 7.75. The summed E-state index contributed by atoms with van der Waals surface area (Å²) in [6, 6.07) is 4.84. The average molecular weight is 365 g/mol. The molecule has 1 rings (SSSR count). The number of nitrogen functional groups attached to an aromatic ring is 1. The number of benzene rings is 1. The molecule has 7 heteroatoms. The smallest absolute Gasteiger partial charge is 0.245 e. The number of nitrogens with zero attached hydrogens (tertiary/aromatic N) is 1. The van der Waals surface area contributed by atoms with Crippen LogP contribution in [0.3, 0.4) is 0 Å². The number of halogens is 1. The fourth-order valence-corrected chi connectivity index (χ4v) is 4.02. The van der Waals surface area contributed by atoms with E-state index in [0.29, 0.717) is 24.2 Å². The summed E-state index contributed by atoms with van der Waals surface area (Å²) in [4.78, 5) is 0.128. The zero-order chi connectivity index (χ0) is 15.3. The number of anilines is 1. The minimum Gasteiger partial charge on any atom is -0.398 e. The first-order chi connectivity index (χ1) is 9.28. The Morgan fingerprint density at radius 1 is 1.40 bits per heavy atom. The van der Waals surface area contributed by atoms with E-state index in [1.54, 1.807) is 19.2 Å². The maximum Gasteiger partial charge on any atom is 0.245 e. The summed E-state index contributed by atoms with van der Waals surface area (Å²) in [5.74, 6) is 0.218. The second-order valence-electron chi connectivity index (χ2n) is 4.93. The number of nitrogens with two attached hydrogens (primary N) is 1. The van der Waals surface area contributed by atoms with Gasteiger partial charge >= 0.3 is 0 Å². The summed E-state index contributed by atoms with van der Waals surface area (Å²) >= 11 is 3.28. The highest BCUT2D eigenvalue weighted by molar-refractivity contribution is 9.10. The summed E-state index contributed by atoms with van der Waals surface area (Å²) in [5.41, 5.74) is 6.06. The molecular weight excluding hydrogens is 344 g/mol. The van der Waals surface area contributed by atoms with Crippen LogP contribution in [0, 0.1) is 5.92 Å². The highest BCUT2D eigenvalue weighted by Gasteiger charge is 2.27. The van der Waals surface area contributed by atoms with E-state index in [1.165, 1.54) is 10.4 Å². The molecule has 0 aromatic heterocycles. The molecule has 0 radical (unpaired) electrons. The molecule has 0 bridgehead atoms. The largest absolute Gasteiger partial charge is 0.398 e. The molecule has 0 aliphatic heterocycles. The van der Waals surface area contributed by atoms with E-state index in [0.717, 1.165) is 0 Å². The lowest BCUT2D eigenvalue weighted by molar-refractivity contribution is 0.175. The van der Waals surface area contributed by atoms with Crippen molar-refractivity contribution in [2.24, 2.45) is 5.92 Å². The highest BCUT2D eigenvalue weighted by atomic mass is 79.9. The Bertz CT molecular complexity index is 547. The van der Waals surface area contributed by atoms with Gasteiger partial charge in [0, 0.05) is 24.7 Å². The lowest BCUT2D eigenvalue weighted by Crippen LogP contribution is -2.37. The molecule has 1 aromatic carbocycles. The SMILES string of the molecule is COCCN(CC(C)C)S(=O)(=O)c1cc(Br)ccc1N. The summed E-state index contributed by atoms with van der Waals surface area (Å²) < 4.78 is 32.5. The minimum absolute atomic E-state index is 0.128. The number of rotatable bonds is 7. The molecule has 0 aliphatic carbocycles. The number of ether oxygens (including phenoxy) is 1. The molecule has 0 fully saturated rings. The maximum absolute atomic E-state index is 12.7. The molecule has 1 aromatic rings. The normalized spacial score (nSPS) is 12.3. The molecular formula is C13H21BrN2O3S. The maximum atomic E-state index is 12.7. The third-order valence-corrected chi connectivity index (χ3v) is 5.12. The lowest BCUT2D eigenvalue weighted by atomic mass is 10.2. The second kappa shape index (κ2) is 7.40. The van der Waals surface area contributed by atoms with Gasteiger partial charge in [-0.2, -0.15) is 4.31 Å². The van der Waals surface area contributed by atoms with E-state index < -0.39 is 10.0 Å². The van der Waals surface area contributed by atoms with E-state index in [2.05, 4.69) is 15.9 Å². The molecule has 5 nitrogen and oxygen atoms in total. The predicted octanol–water partition coefficient (Wildman–Crippen LogP) is 2.32. The van der Waals surface area contributed by atoms with Crippen LogP contribution in [-0.4, -0.2) is 39.5 Å². The van der Waals surface area contributed by atoms with Crippen LogP contribution in [0.25, 0.3) is 0 Å². The summed E-state index contributed by atoms with van der Waals surface area (Å²) in [5, 5.41) is 0. The Balaban J connectivity index is 3.17. The zero-order valence-electron chi connectivity index (χ0n) is 12.0. The molecule has 0 heterocycles. The van der Waals surface area contributed by atoms with E-state index in [1.807, 2.05) is 13.8 Å². The monoisotopic (exact) mass is 364 g/mol. The fraction of sp³-hybridized carbons (Fsp3) is 0.538. The average Bonchev–Trinajstić information content (AvgIpc) is 2.36. The van der Waals surface area contributed by atoms with Gasteiger partial charge in [-0.1, -0.05) is 29.8 Å². The van der Waals surface area contributed by atoms with Gasteiger partial charge < -0.3 is 10.5 Å². The first-order valence-corrected chi connectivity index (χ1v) is 8.56. The molecule has 20 heavy (non-hydrogen) atoms. The standard InChI is InChI=1S/C13H21BrN2O3S/c1-10(2)9-16(6-7-19-3)20(17,18)13-8-11(14)4-5-12(13)15/h4-5,8,10H,6-7,9,15H2,1-3H3. The van der Waals surface area contributed by atoms with Crippen LogP contribution in [0.1, 0.15) is 13.8 Å². The van der Waals surface area contributed by atoms with Crippen LogP contribution in [0.15, 0.2) is 27.6 Å². The van der Waals surface area contributed by atoms with Gasteiger partial charge in [-0.25, -0.2) is 8.42 Å². The van der Waals surface area contributed by atoms with Gasteiger partial charge in [-0.15, -0.1) is 0 Å². The first kappa shape index (κ1) is 17.4. The number of methoxy groups -OCH3 is 1. The summed E-state index contributed by atoms with van der Waals surface area (Å²) in [6.45, 7) is 5.03. The first-order valence-electron chi connectivity index (χ1n) is 6.33. The van der Waals surface area contributed by atoms with Crippen molar-refractivity contribution in [3.05, 3.63) is 22.7 Å². The topological polar surface area (TPSA) is 72.6 Å². The van der Waals surface area contributed by atoms with Crippen LogP contribution in [-0.2, 0) is 14.8 Å². The van der Waals surface area contributed by atoms with Crippen LogP contribution < -0.4 is 5.73 Å². The van der Waals surface area contributed by atoms with E-state index >= 15 is 0 Å².